The summed E-state index contributed by atoms with van der Waals surface area (Å²) in [5.74, 6) is -2.60. The molecule has 1 aliphatic rings. The number of likely N-dealkylation sites (tertiary alicyclic amines) is 1. The molecule has 4 unspecified atom stereocenters. The summed E-state index contributed by atoms with van der Waals surface area (Å²) in [7, 11) is 0. The van der Waals surface area contributed by atoms with Crippen molar-refractivity contribution in [1.29, 1.82) is 0 Å². The summed E-state index contributed by atoms with van der Waals surface area (Å²) in [6.45, 7) is 4.44. The number of aliphatic carboxylic acids is 1. The van der Waals surface area contributed by atoms with Crippen LogP contribution in [-0.2, 0) is 25.6 Å². The number of aliphatic imine (C=N–C) groups is 1. The number of hydrogen-bond acceptors (Lipinski definition) is 6. The largest absolute Gasteiger partial charge is 0.480 e. The molecular formula is C28H42N8O5. The van der Waals surface area contributed by atoms with Gasteiger partial charge in [0.1, 0.15) is 18.1 Å². The van der Waals surface area contributed by atoms with Crippen LogP contribution in [-0.4, -0.2) is 81.9 Å². The molecule has 2 heterocycles. The molecule has 0 bridgehead atoms. The maximum atomic E-state index is 13.5. The quantitative estimate of drug-likeness (QED) is 0.0940. The van der Waals surface area contributed by atoms with Gasteiger partial charge in [-0.3, -0.25) is 19.4 Å². The van der Waals surface area contributed by atoms with Crippen molar-refractivity contribution in [2.45, 2.75) is 76.5 Å². The van der Waals surface area contributed by atoms with E-state index in [2.05, 4.69) is 20.6 Å². The molecule has 1 aromatic carbocycles. The van der Waals surface area contributed by atoms with Crippen molar-refractivity contribution < 1.29 is 24.3 Å². The first-order valence-electron chi connectivity index (χ1n) is 14.0. The van der Waals surface area contributed by atoms with E-state index in [1.54, 1.807) is 6.20 Å². The Morgan fingerprint density at radius 3 is 2.56 bits per heavy atom. The number of aromatic nitrogens is 1. The summed E-state index contributed by atoms with van der Waals surface area (Å²) in [4.78, 5) is 60.4. The third-order valence-corrected chi connectivity index (χ3v) is 7.18. The molecule has 4 atom stereocenters. The number of H-pyrrole nitrogens is 1. The van der Waals surface area contributed by atoms with Crippen LogP contribution in [0.4, 0.5) is 0 Å². The molecule has 13 heteroatoms. The molecule has 1 aliphatic heterocycles. The molecule has 0 aliphatic carbocycles. The van der Waals surface area contributed by atoms with E-state index in [-0.39, 0.29) is 30.6 Å². The second kappa shape index (κ2) is 14.5. The number of carboxylic acids is 1. The first kappa shape index (κ1) is 31.4. The molecule has 0 saturated carbocycles. The Balaban J connectivity index is 1.76. The minimum Gasteiger partial charge on any atom is -0.480 e. The number of nitrogens with zero attached hydrogens (tertiary/aromatic N) is 2. The lowest BCUT2D eigenvalue weighted by Gasteiger charge is -2.29. The summed E-state index contributed by atoms with van der Waals surface area (Å²) >= 11 is 0. The van der Waals surface area contributed by atoms with Crippen LogP contribution in [0, 0.1) is 5.92 Å². The number of amides is 3. The molecule has 13 nitrogen and oxygen atoms in total. The topological polar surface area (TPSA) is 222 Å². The molecule has 41 heavy (non-hydrogen) atoms. The van der Waals surface area contributed by atoms with E-state index < -0.39 is 42.0 Å². The average molecular weight is 571 g/mol. The number of nitrogens with two attached hydrogens (primary N) is 3. The third kappa shape index (κ3) is 8.68. The Bertz CT molecular complexity index is 1260. The summed E-state index contributed by atoms with van der Waals surface area (Å²) in [6.07, 6.45) is 4.01. The SMILES string of the molecule is CC(C)CC(NC(=O)C(Cc1c[nH]c2ccccc12)NC(=O)C1CCCN1C(=O)C(N)CCCN=C(N)N)C(=O)O. The predicted molar refractivity (Wildman–Crippen MR) is 156 cm³/mol. The van der Waals surface area contributed by atoms with Crippen LogP contribution in [0.15, 0.2) is 35.5 Å². The summed E-state index contributed by atoms with van der Waals surface area (Å²) in [6, 6.07) is 3.77. The van der Waals surface area contributed by atoms with Gasteiger partial charge in [-0.2, -0.15) is 0 Å². The van der Waals surface area contributed by atoms with E-state index in [1.165, 1.54) is 4.90 Å². The molecule has 1 fully saturated rings. The highest BCUT2D eigenvalue weighted by molar-refractivity contribution is 5.95. The van der Waals surface area contributed by atoms with E-state index in [1.807, 2.05) is 38.1 Å². The molecule has 3 rings (SSSR count). The van der Waals surface area contributed by atoms with Crippen molar-refractivity contribution in [1.82, 2.24) is 20.5 Å². The van der Waals surface area contributed by atoms with E-state index in [0.29, 0.717) is 38.8 Å². The number of benzene rings is 1. The second-order valence-electron chi connectivity index (χ2n) is 10.9. The molecule has 1 aromatic heterocycles. The normalized spacial score (nSPS) is 17.2. The van der Waals surface area contributed by atoms with Gasteiger partial charge >= 0.3 is 5.97 Å². The van der Waals surface area contributed by atoms with Crippen LogP contribution < -0.4 is 27.8 Å². The minimum atomic E-state index is -1.15. The number of carbonyl (C=O) groups is 4. The maximum absolute atomic E-state index is 13.5. The van der Waals surface area contributed by atoms with Gasteiger partial charge < -0.3 is 42.8 Å². The third-order valence-electron chi connectivity index (χ3n) is 7.18. The number of nitrogens with one attached hydrogen (secondary N) is 3. The number of rotatable bonds is 14. The molecule has 224 valence electrons. The van der Waals surface area contributed by atoms with Crippen molar-refractivity contribution in [3.8, 4) is 0 Å². The predicted octanol–water partition coefficient (Wildman–Crippen LogP) is 0.183. The van der Waals surface area contributed by atoms with Crippen molar-refractivity contribution in [2.24, 2.45) is 28.1 Å². The average Bonchev–Trinajstić information content (AvgIpc) is 3.57. The first-order valence-corrected chi connectivity index (χ1v) is 14.0. The summed E-state index contributed by atoms with van der Waals surface area (Å²) < 4.78 is 0. The number of guanidine groups is 1. The van der Waals surface area contributed by atoms with E-state index >= 15 is 0 Å². The lowest BCUT2D eigenvalue weighted by Crippen LogP contribution is -2.57. The van der Waals surface area contributed by atoms with Crippen LogP contribution in [0.1, 0.15) is 51.5 Å². The zero-order valence-corrected chi connectivity index (χ0v) is 23.6. The van der Waals surface area contributed by atoms with Gasteiger partial charge in [-0.1, -0.05) is 32.0 Å². The van der Waals surface area contributed by atoms with Crippen LogP contribution in [0.5, 0.6) is 0 Å². The first-order chi connectivity index (χ1) is 19.5. The van der Waals surface area contributed by atoms with E-state index in [0.717, 1.165) is 16.5 Å². The van der Waals surface area contributed by atoms with Gasteiger partial charge in [-0.15, -0.1) is 0 Å². The highest BCUT2D eigenvalue weighted by atomic mass is 16.4. The lowest BCUT2D eigenvalue weighted by atomic mass is 10.0. The molecule has 0 radical (unpaired) electrons. The van der Waals surface area contributed by atoms with Crippen LogP contribution in [0.25, 0.3) is 10.9 Å². The van der Waals surface area contributed by atoms with Gasteiger partial charge in [0.25, 0.3) is 0 Å². The molecule has 10 N–H and O–H groups in total. The van der Waals surface area contributed by atoms with E-state index in [4.69, 9.17) is 17.2 Å². The van der Waals surface area contributed by atoms with Gasteiger partial charge in [0.2, 0.25) is 17.7 Å². The fraction of sp³-hybridized carbons (Fsp3) is 0.536. The number of carboxylic acid groups (broad SMARTS) is 1. The Hall–Kier alpha value is -4.13. The van der Waals surface area contributed by atoms with Gasteiger partial charge in [0.15, 0.2) is 5.96 Å². The Morgan fingerprint density at radius 1 is 1.15 bits per heavy atom. The zero-order chi connectivity index (χ0) is 30.1. The zero-order valence-electron chi connectivity index (χ0n) is 23.6. The molecule has 3 amide bonds. The van der Waals surface area contributed by atoms with Crippen molar-refractivity contribution in [3.05, 3.63) is 36.0 Å². The molecular weight excluding hydrogens is 528 g/mol. The molecule has 2 aromatic rings. The standard InChI is InChI=1S/C28H42N8O5/c1-16(2)13-22(27(40)41)35-24(37)21(14-17-15-33-20-9-4-3-7-18(17)20)34-25(38)23-10-6-12-36(23)26(39)19(29)8-5-11-32-28(30)31/h3-4,7,9,15-16,19,21-23,33H,5-6,8,10-14,29H2,1-2H3,(H,34,38)(H,35,37)(H,40,41)(H4,30,31,32). The fourth-order valence-corrected chi connectivity index (χ4v) is 5.12. The van der Waals surface area contributed by atoms with Gasteiger partial charge in [0.05, 0.1) is 6.04 Å². The highest BCUT2D eigenvalue weighted by Gasteiger charge is 2.38. The monoisotopic (exact) mass is 570 g/mol. The highest BCUT2D eigenvalue weighted by Crippen LogP contribution is 2.22. The van der Waals surface area contributed by atoms with Crippen molar-refractivity contribution in [2.75, 3.05) is 13.1 Å². The number of aromatic amines is 1. The summed E-state index contributed by atoms with van der Waals surface area (Å²) in [5.41, 5.74) is 18.5. The second-order valence-corrected chi connectivity index (χ2v) is 10.9. The van der Waals surface area contributed by atoms with Crippen molar-refractivity contribution >= 4 is 40.6 Å². The Labute approximate surface area is 239 Å². The van der Waals surface area contributed by atoms with Gasteiger partial charge in [-0.05, 0) is 49.7 Å². The van der Waals surface area contributed by atoms with Crippen LogP contribution in [0.3, 0.4) is 0 Å². The van der Waals surface area contributed by atoms with Crippen LogP contribution >= 0.6 is 0 Å². The van der Waals surface area contributed by atoms with Crippen molar-refractivity contribution in [3.63, 3.8) is 0 Å². The van der Waals surface area contributed by atoms with Crippen LogP contribution in [0.2, 0.25) is 0 Å². The number of hydrogen-bond donors (Lipinski definition) is 7. The fourth-order valence-electron chi connectivity index (χ4n) is 5.12. The van der Waals surface area contributed by atoms with E-state index in [9.17, 15) is 24.3 Å². The summed E-state index contributed by atoms with van der Waals surface area (Å²) in [5, 5.41) is 16.0. The number of fused-ring (bicyclic) bond motifs is 1. The number of carbonyl (C=O) groups excluding carboxylic acids is 3. The Kier molecular flexibility index (Phi) is 11.1. The van der Waals surface area contributed by atoms with Gasteiger partial charge in [-0.25, -0.2) is 4.79 Å². The molecule has 1 saturated heterocycles. The minimum absolute atomic E-state index is 0.0276. The Morgan fingerprint density at radius 2 is 1.88 bits per heavy atom. The van der Waals surface area contributed by atoms with Gasteiger partial charge in [0, 0.05) is 36.6 Å². The molecule has 0 spiro atoms. The number of para-hydroxylation sites is 1. The lowest BCUT2D eigenvalue weighted by molar-refractivity contribution is -0.143. The smallest absolute Gasteiger partial charge is 0.326 e. The maximum Gasteiger partial charge on any atom is 0.326 e.